The molecule has 2 amide bonds. The first kappa shape index (κ1) is 15.4. The van der Waals surface area contributed by atoms with Crippen LogP contribution in [0.3, 0.4) is 0 Å². The Labute approximate surface area is 113 Å². The Kier molecular flexibility index (Phi) is 4.50. The quantitative estimate of drug-likeness (QED) is 0.574. The first-order valence-electron chi connectivity index (χ1n) is 6.44. The summed E-state index contributed by atoms with van der Waals surface area (Å²) in [5, 5.41) is 0. The van der Waals surface area contributed by atoms with Crippen LogP contribution in [0, 0.1) is 5.41 Å². The van der Waals surface area contributed by atoms with E-state index in [9.17, 15) is 14.4 Å². The smallest absolute Gasteiger partial charge is 0.329 e. The summed E-state index contributed by atoms with van der Waals surface area (Å²) in [6.45, 7) is 9.42. The van der Waals surface area contributed by atoms with E-state index in [-0.39, 0.29) is 11.5 Å². The van der Waals surface area contributed by atoms with Gasteiger partial charge in [-0.25, -0.2) is 4.79 Å². The molecule has 5 nitrogen and oxygen atoms in total. The van der Waals surface area contributed by atoms with Gasteiger partial charge in [0, 0.05) is 12.2 Å². The zero-order valence-electron chi connectivity index (χ0n) is 12.1. The van der Waals surface area contributed by atoms with Gasteiger partial charge in [0.1, 0.15) is 12.1 Å². The van der Waals surface area contributed by atoms with Gasteiger partial charge in [-0.3, -0.25) is 14.5 Å². The Balaban J connectivity index is 2.79. The van der Waals surface area contributed by atoms with Crippen LogP contribution in [0.2, 0.25) is 0 Å². The third-order valence-corrected chi connectivity index (χ3v) is 3.33. The molecule has 0 N–H and O–H groups in total. The van der Waals surface area contributed by atoms with E-state index in [4.69, 9.17) is 4.74 Å². The zero-order chi connectivity index (χ0) is 14.8. The fourth-order valence-electron chi connectivity index (χ4n) is 1.60. The molecular weight excluding hydrogens is 246 g/mol. The van der Waals surface area contributed by atoms with Crippen LogP contribution in [0.4, 0.5) is 0 Å². The van der Waals surface area contributed by atoms with Gasteiger partial charge >= 0.3 is 5.97 Å². The zero-order valence-corrected chi connectivity index (χ0v) is 12.1. The second-order valence-electron chi connectivity index (χ2n) is 5.75. The van der Waals surface area contributed by atoms with Gasteiger partial charge in [-0.1, -0.05) is 27.7 Å². The SMILES string of the molecule is CCC(C(=O)OC(C)C(C)(C)C)N1C(=O)C=CC1=O. The maximum Gasteiger partial charge on any atom is 0.329 e. The Morgan fingerprint density at radius 1 is 1.26 bits per heavy atom. The van der Waals surface area contributed by atoms with Gasteiger partial charge in [0.25, 0.3) is 11.8 Å². The molecule has 5 heteroatoms. The van der Waals surface area contributed by atoms with Crippen LogP contribution < -0.4 is 0 Å². The highest BCUT2D eigenvalue weighted by atomic mass is 16.5. The molecule has 0 spiro atoms. The van der Waals surface area contributed by atoms with Crippen LogP contribution in [0.15, 0.2) is 12.2 Å². The molecule has 106 valence electrons. The number of esters is 1. The monoisotopic (exact) mass is 267 g/mol. The van der Waals surface area contributed by atoms with Gasteiger partial charge in [-0.05, 0) is 18.8 Å². The van der Waals surface area contributed by atoms with Crippen LogP contribution in [0.25, 0.3) is 0 Å². The lowest BCUT2D eigenvalue weighted by molar-refractivity contribution is -0.164. The largest absolute Gasteiger partial charge is 0.461 e. The molecule has 1 aliphatic heterocycles. The number of carbonyl (C=O) groups is 3. The highest BCUT2D eigenvalue weighted by Gasteiger charge is 2.37. The summed E-state index contributed by atoms with van der Waals surface area (Å²) < 4.78 is 5.36. The van der Waals surface area contributed by atoms with E-state index in [0.29, 0.717) is 6.42 Å². The minimum absolute atomic E-state index is 0.189. The average molecular weight is 267 g/mol. The minimum atomic E-state index is -0.847. The van der Waals surface area contributed by atoms with Crippen molar-refractivity contribution in [1.29, 1.82) is 0 Å². The number of hydrogen-bond donors (Lipinski definition) is 0. The number of carbonyl (C=O) groups excluding carboxylic acids is 3. The van der Waals surface area contributed by atoms with Crippen LogP contribution in [0.5, 0.6) is 0 Å². The summed E-state index contributed by atoms with van der Waals surface area (Å²) in [7, 11) is 0. The average Bonchev–Trinajstić information content (AvgIpc) is 2.60. The molecule has 2 unspecified atom stereocenters. The standard InChI is InChI=1S/C14H21NO4/c1-6-10(15-11(16)7-8-12(15)17)13(18)19-9(2)14(3,4)5/h7-10H,6H2,1-5H3. The molecule has 1 heterocycles. The van der Waals surface area contributed by atoms with E-state index in [1.54, 1.807) is 13.8 Å². The molecule has 19 heavy (non-hydrogen) atoms. The van der Waals surface area contributed by atoms with Gasteiger partial charge in [0.15, 0.2) is 0 Å². The van der Waals surface area contributed by atoms with Gasteiger partial charge in [0.05, 0.1) is 0 Å². The molecule has 0 saturated carbocycles. The Bertz CT molecular complexity index is 402. The van der Waals surface area contributed by atoms with Crippen molar-refractivity contribution in [3.8, 4) is 0 Å². The number of imide groups is 1. The van der Waals surface area contributed by atoms with E-state index < -0.39 is 23.8 Å². The molecule has 1 aliphatic rings. The Hall–Kier alpha value is -1.65. The molecular formula is C14H21NO4. The van der Waals surface area contributed by atoms with Crippen LogP contribution >= 0.6 is 0 Å². The first-order chi connectivity index (χ1) is 8.68. The number of ether oxygens (including phenoxy) is 1. The Morgan fingerprint density at radius 3 is 2.11 bits per heavy atom. The lowest BCUT2D eigenvalue weighted by Crippen LogP contribution is -2.47. The van der Waals surface area contributed by atoms with E-state index in [1.165, 1.54) is 12.2 Å². The lowest BCUT2D eigenvalue weighted by atomic mass is 9.90. The highest BCUT2D eigenvalue weighted by molar-refractivity contribution is 6.14. The van der Waals surface area contributed by atoms with Crippen molar-refractivity contribution >= 4 is 17.8 Å². The van der Waals surface area contributed by atoms with Crippen molar-refractivity contribution in [2.24, 2.45) is 5.41 Å². The maximum absolute atomic E-state index is 12.1. The van der Waals surface area contributed by atoms with E-state index in [2.05, 4.69) is 0 Å². The molecule has 0 aromatic rings. The molecule has 0 bridgehead atoms. The van der Waals surface area contributed by atoms with E-state index in [1.807, 2.05) is 20.8 Å². The molecule has 0 fully saturated rings. The third kappa shape index (κ3) is 3.43. The molecule has 0 aromatic carbocycles. The van der Waals surface area contributed by atoms with Crippen molar-refractivity contribution < 1.29 is 19.1 Å². The molecule has 0 aliphatic carbocycles. The van der Waals surface area contributed by atoms with Crippen LogP contribution in [-0.4, -0.2) is 34.8 Å². The Morgan fingerprint density at radius 2 is 1.74 bits per heavy atom. The van der Waals surface area contributed by atoms with E-state index >= 15 is 0 Å². The molecule has 1 rings (SSSR count). The van der Waals surface area contributed by atoms with Crippen molar-refractivity contribution in [2.75, 3.05) is 0 Å². The molecule has 0 aromatic heterocycles. The van der Waals surface area contributed by atoms with Gasteiger partial charge in [-0.2, -0.15) is 0 Å². The van der Waals surface area contributed by atoms with Crippen LogP contribution in [-0.2, 0) is 19.1 Å². The predicted molar refractivity (Wildman–Crippen MR) is 70.1 cm³/mol. The van der Waals surface area contributed by atoms with Crippen molar-refractivity contribution in [1.82, 2.24) is 4.90 Å². The fourth-order valence-corrected chi connectivity index (χ4v) is 1.60. The van der Waals surface area contributed by atoms with Gasteiger partial charge in [0.2, 0.25) is 0 Å². The number of nitrogens with zero attached hydrogens (tertiary/aromatic N) is 1. The summed E-state index contributed by atoms with van der Waals surface area (Å²) in [5.74, 6) is -1.45. The number of hydrogen-bond acceptors (Lipinski definition) is 4. The summed E-state index contributed by atoms with van der Waals surface area (Å²) in [6.07, 6.45) is 2.39. The van der Waals surface area contributed by atoms with Gasteiger partial charge < -0.3 is 4.74 Å². The normalized spacial score (nSPS) is 18.7. The summed E-state index contributed by atoms with van der Waals surface area (Å²) in [6, 6.07) is -0.847. The minimum Gasteiger partial charge on any atom is -0.461 e. The van der Waals surface area contributed by atoms with Gasteiger partial charge in [-0.15, -0.1) is 0 Å². The lowest BCUT2D eigenvalue weighted by Gasteiger charge is -2.30. The first-order valence-corrected chi connectivity index (χ1v) is 6.44. The van der Waals surface area contributed by atoms with Crippen molar-refractivity contribution in [2.45, 2.75) is 53.2 Å². The third-order valence-electron chi connectivity index (χ3n) is 3.33. The topological polar surface area (TPSA) is 63.7 Å². The number of rotatable bonds is 4. The second-order valence-corrected chi connectivity index (χ2v) is 5.75. The fraction of sp³-hybridized carbons (Fsp3) is 0.643. The van der Waals surface area contributed by atoms with Crippen LogP contribution in [0.1, 0.15) is 41.0 Å². The summed E-state index contributed by atoms with van der Waals surface area (Å²) in [4.78, 5) is 36.2. The molecule has 0 radical (unpaired) electrons. The maximum atomic E-state index is 12.1. The number of amides is 2. The second kappa shape index (κ2) is 5.55. The molecule has 0 saturated heterocycles. The van der Waals surface area contributed by atoms with E-state index in [0.717, 1.165) is 4.90 Å². The highest BCUT2D eigenvalue weighted by Crippen LogP contribution is 2.23. The summed E-state index contributed by atoms with van der Waals surface area (Å²) in [5.41, 5.74) is -0.189. The predicted octanol–water partition coefficient (Wildman–Crippen LogP) is 1.67. The molecule has 2 atom stereocenters. The van der Waals surface area contributed by atoms with Crippen molar-refractivity contribution in [3.05, 3.63) is 12.2 Å². The van der Waals surface area contributed by atoms with Crippen molar-refractivity contribution in [3.63, 3.8) is 0 Å². The summed E-state index contributed by atoms with van der Waals surface area (Å²) >= 11 is 0.